The van der Waals surface area contributed by atoms with Crippen LogP contribution in [0.1, 0.15) is 6.92 Å². The zero-order chi connectivity index (χ0) is 14.0. The van der Waals surface area contributed by atoms with Crippen LogP contribution in [0.15, 0.2) is 42.1 Å². The summed E-state index contributed by atoms with van der Waals surface area (Å²) in [6.45, 7) is 2.09. The molecule has 2 aromatic rings. The van der Waals surface area contributed by atoms with Crippen LogP contribution in [0.3, 0.4) is 0 Å². The van der Waals surface area contributed by atoms with Crippen LogP contribution in [0.2, 0.25) is 0 Å². The molecule has 0 atom stereocenters. The van der Waals surface area contributed by atoms with Crippen LogP contribution in [0.4, 0.5) is 5.69 Å². The molecule has 0 bridgehead atoms. The number of nitro groups is 1. The van der Waals surface area contributed by atoms with Crippen LogP contribution in [0, 0.1) is 10.1 Å². The average Bonchev–Trinajstić information content (AvgIpc) is 2.70. The second kappa shape index (κ2) is 4.93. The van der Waals surface area contributed by atoms with Gasteiger partial charge >= 0.3 is 5.97 Å². The van der Waals surface area contributed by atoms with Crippen molar-refractivity contribution >= 4 is 22.6 Å². The van der Waals surface area contributed by atoms with Crippen molar-refractivity contribution in [3.63, 3.8) is 0 Å². The van der Waals surface area contributed by atoms with E-state index in [1.54, 1.807) is 23.8 Å². The number of carboxylic acid groups (broad SMARTS) is 1. The Morgan fingerprint density at radius 3 is 2.84 bits per heavy atom. The molecule has 0 amide bonds. The number of nitro benzene ring substituents is 1. The normalized spacial score (nSPS) is 11.7. The number of hydrogen-bond acceptors (Lipinski definition) is 3. The number of carboxylic acids is 1. The van der Waals surface area contributed by atoms with Crippen molar-refractivity contribution in [2.75, 3.05) is 0 Å². The summed E-state index contributed by atoms with van der Waals surface area (Å²) in [5.41, 5.74) is 1.40. The first kappa shape index (κ1) is 12.8. The predicted molar refractivity (Wildman–Crippen MR) is 70.0 cm³/mol. The van der Waals surface area contributed by atoms with E-state index in [0.717, 1.165) is 11.5 Å². The third-order valence-corrected chi connectivity index (χ3v) is 2.76. The lowest BCUT2D eigenvalue weighted by molar-refractivity contribution is -0.384. The van der Waals surface area contributed by atoms with E-state index in [-0.39, 0.29) is 5.69 Å². The number of benzene rings is 1. The number of nitrogens with zero attached hydrogens (tertiary/aromatic N) is 2. The Bertz CT molecular complexity index is 685. The van der Waals surface area contributed by atoms with Gasteiger partial charge in [0.25, 0.3) is 5.69 Å². The van der Waals surface area contributed by atoms with Crippen LogP contribution >= 0.6 is 0 Å². The quantitative estimate of drug-likeness (QED) is 0.520. The number of aromatic nitrogens is 1. The third-order valence-electron chi connectivity index (χ3n) is 2.76. The molecule has 0 aliphatic carbocycles. The van der Waals surface area contributed by atoms with Crippen LogP contribution < -0.4 is 0 Å². The Kier molecular flexibility index (Phi) is 3.33. The number of non-ortho nitro benzene ring substituents is 1. The molecule has 6 nitrogen and oxygen atoms in total. The Morgan fingerprint density at radius 1 is 1.47 bits per heavy atom. The van der Waals surface area contributed by atoms with Gasteiger partial charge in [0.1, 0.15) is 0 Å². The fourth-order valence-corrected chi connectivity index (χ4v) is 1.95. The molecule has 0 radical (unpaired) electrons. The first-order chi connectivity index (χ1) is 8.97. The Morgan fingerprint density at radius 2 is 2.21 bits per heavy atom. The van der Waals surface area contributed by atoms with Crippen molar-refractivity contribution in [1.82, 2.24) is 4.57 Å². The van der Waals surface area contributed by atoms with Crippen LogP contribution in [0.5, 0.6) is 0 Å². The lowest BCUT2D eigenvalue weighted by atomic mass is 10.2. The topological polar surface area (TPSA) is 85.4 Å². The summed E-state index contributed by atoms with van der Waals surface area (Å²) in [5.74, 6) is -1.00. The second-order valence-electron chi connectivity index (χ2n) is 4.27. The molecule has 1 aromatic carbocycles. The van der Waals surface area contributed by atoms with Crippen LogP contribution in [-0.2, 0) is 11.3 Å². The van der Waals surface area contributed by atoms with Crippen molar-refractivity contribution in [2.45, 2.75) is 13.5 Å². The maximum atomic E-state index is 10.8. The Balaban J connectivity index is 2.41. The molecule has 0 unspecified atom stereocenters. The van der Waals surface area contributed by atoms with Crippen molar-refractivity contribution in [3.8, 4) is 0 Å². The van der Waals surface area contributed by atoms with Crippen molar-refractivity contribution < 1.29 is 14.8 Å². The highest BCUT2D eigenvalue weighted by Crippen LogP contribution is 2.22. The minimum absolute atomic E-state index is 0.0207. The highest BCUT2D eigenvalue weighted by molar-refractivity contribution is 5.83. The molecule has 0 saturated carbocycles. The summed E-state index contributed by atoms with van der Waals surface area (Å²) in [6.07, 6.45) is 2.91. The summed E-state index contributed by atoms with van der Waals surface area (Å²) < 4.78 is 1.79. The van der Waals surface area contributed by atoms with Gasteiger partial charge in [-0.1, -0.05) is 0 Å². The Hall–Kier alpha value is -2.63. The number of carbonyl (C=O) groups is 1. The predicted octanol–water partition coefficient (Wildman–Crippen LogP) is 2.58. The van der Waals surface area contributed by atoms with Gasteiger partial charge in [-0.15, -0.1) is 0 Å². The highest BCUT2D eigenvalue weighted by atomic mass is 16.6. The lowest BCUT2D eigenvalue weighted by Gasteiger charge is -2.05. The average molecular weight is 260 g/mol. The zero-order valence-corrected chi connectivity index (χ0v) is 10.2. The van der Waals surface area contributed by atoms with Gasteiger partial charge < -0.3 is 9.67 Å². The maximum absolute atomic E-state index is 10.8. The summed E-state index contributed by atoms with van der Waals surface area (Å²) in [5, 5.41) is 20.3. The van der Waals surface area contributed by atoms with Gasteiger partial charge in [0.05, 0.1) is 10.4 Å². The van der Waals surface area contributed by atoms with Crippen molar-refractivity contribution in [3.05, 3.63) is 52.2 Å². The largest absolute Gasteiger partial charge is 0.478 e. The van der Waals surface area contributed by atoms with E-state index in [4.69, 9.17) is 5.11 Å². The molecule has 2 rings (SSSR count). The fraction of sp³-hybridized carbons (Fsp3) is 0.154. The number of allylic oxidation sites excluding steroid dienone is 1. The molecule has 0 aliphatic heterocycles. The molecular weight excluding hydrogens is 248 g/mol. The van der Waals surface area contributed by atoms with E-state index in [1.807, 2.05) is 6.07 Å². The van der Waals surface area contributed by atoms with Gasteiger partial charge in [-0.2, -0.15) is 0 Å². The van der Waals surface area contributed by atoms with Crippen molar-refractivity contribution in [2.24, 2.45) is 0 Å². The SMILES string of the molecule is CC(=CC(=O)O)Cn1ccc2ccc([N+](=O)[O-])cc21. The zero-order valence-electron chi connectivity index (χ0n) is 10.2. The lowest BCUT2D eigenvalue weighted by Crippen LogP contribution is -2.00. The maximum Gasteiger partial charge on any atom is 0.328 e. The van der Waals surface area contributed by atoms with E-state index in [2.05, 4.69) is 0 Å². The number of fused-ring (bicyclic) bond motifs is 1. The molecule has 19 heavy (non-hydrogen) atoms. The summed E-state index contributed by atoms with van der Waals surface area (Å²) in [4.78, 5) is 20.9. The molecule has 1 heterocycles. The number of hydrogen-bond donors (Lipinski definition) is 1. The van der Waals surface area contributed by atoms with Crippen molar-refractivity contribution in [1.29, 1.82) is 0 Å². The van der Waals surface area contributed by atoms with Gasteiger partial charge in [0.2, 0.25) is 0 Å². The molecule has 0 fully saturated rings. The number of rotatable bonds is 4. The van der Waals surface area contributed by atoms with E-state index < -0.39 is 10.9 Å². The minimum atomic E-state index is -1.00. The summed E-state index contributed by atoms with van der Waals surface area (Å²) in [6, 6.07) is 6.46. The standard InChI is InChI=1S/C13H12N2O4/c1-9(6-13(16)17)8-14-5-4-10-2-3-11(15(18)19)7-12(10)14/h2-7H,8H2,1H3,(H,16,17). The molecule has 1 N–H and O–H groups in total. The fourth-order valence-electron chi connectivity index (χ4n) is 1.95. The van der Waals surface area contributed by atoms with Crippen LogP contribution in [0.25, 0.3) is 10.9 Å². The van der Waals surface area contributed by atoms with Crippen LogP contribution in [-0.4, -0.2) is 20.6 Å². The van der Waals surface area contributed by atoms with Gasteiger partial charge in [0, 0.05) is 36.3 Å². The molecule has 0 spiro atoms. The first-order valence-corrected chi connectivity index (χ1v) is 5.61. The number of aliphatic carboxylic acids is 1. The van der Waals surface area contributed by atoms with E-state index in [1.165, 1.54) is 12.1 Å². The highest BCUT2D eigenvalue weighted by Gasteiger charge is 2.09. The molecule has 98 valence electrons. The van der Waals surface area contributed by atoms with Gasteiger partial charge in [-0.25, -0.2) is 4.79 Å². The molecule has 0 saturated heterocycles. The van der Waals surface area contributed by atoms with Gasteiger partial charge in [0.15, 0.2) is 0 Å². The molecule has 1 aromatic heterocycles. The smallest absolute Gasteiger partial charge is 0.328 e. The van der Waals surface area contributed by atoms with Gasteiger partial charge in [-0.05, 0) is 24.6 Å². The Labute approximate surface area is 108 Å². The van der Waals surface area contributed by atoms with E-state index in [0.29, 0.717) is 17.6 Å². The monoisotopic (exact) mass is 260 g/mol. The summed E-state index contributed by atoms with van der Waals surface area (Å²) in [7, 11) is 0. The molecule has 6 heteroatoms. The van der Waals surface area contributed by atoms with Gasteiger partial charge in [-0.3, -0.25) is 10.1 Å². The third kappa shape index (κ3) is 2.79. The summed E-state index contributed by atoms with van der Waals surface area (Å²) >= 11 is 0. The van der Waals surface area contributed by atoms with E-state index >= 15 is 0 Å². The molecule has 0 aliphatic rings. The molecular formula is C13H12N2O4. The first-order valence-electron chi connectivity index (χ1n) is 5.61. The van der Waals surface area contributed by atoms with E-state index in [9.17, 15) is 14.9 Å². The minimum Gasteiger partial charge on any atom is -0.478 e. The second-order valence-corrected chi connectivity index (χ2v) is 4.27.